The van der Waals surface area contributed by atoms with Gasteiger partial charge in [-0.2, -0.15) is 8.78 Å². The van der Waals surface area contributed by atoms with Crippen molar-refractivity contribution in [3.63, 3.8) is 0 Å². The van der Waals surface area contributed by atoms with Gasteiger partial charge in [-0.25, -0.2) is 0 Å². The van der Waals surface area contributed by atoms with Crippen LogP contribution in [0, 0.1) is 0 Å². The second kappa shape index (κ2) is 6.15. The third-order valence-corrected chi connectivity index (χ3v) is 1.97. The first kappa shape index (κ1) is 13.4. The fourth-order valence-corrected chi connectivity index (χ4v) is 1.17. The highest BCUT2D eigenvalue weighted by Crippen LogP contribution is 2.15. The maximum Gasteiger partial charge on any atom is 0.387 e. The first-order chi connectivity index (χ1) is 8.02. The van der Waals surface area contributed by atoms with Gasteiger partial charge in [0.25, 0.3) is 5.91 Å². The molecule has 1 aromatic carbocycles. The number of hydrogen-bond acceptors (Lipinski definition) is 3. The van der Waals surface area contributed by atoms with Crippen LogP contribution in [0.4, 0.5) is 8.78 Å². The largest absolute Gasteiger partial charge is 0.435 e. The van der Waals surface area contributed by atoms with Crippen molar-refractivity contribution in [2.24, 2.45) is 0 Å². The molecular weight excluding hydrogens is 232 g/mol. The highest BCUT2D eigenvalue weighted by atomic mass is 19.3. The smallest absolute Gasteiger partial charge is 0.387 e. The molecule has 0 bridgehead atoms. The van der Waals surface area contributed by atoms with Gasteiger partial charge < -0.3 is 15.2 Å². The number of rotatable bonds is 5. The minimum absolute atomic E-state index is 0.0794. The van der Waals surface area contributed by atoms with Crippen LogP contribution in [-0.2, 0) is 0 Å². The Morgan fingerprint density at radius 1 is 1.53 bits per heavy atom. The third kappa shape index (κ3) is 4.36. The number of carbonyl (C=O) groups is 1. The summed E-state index contributed by atoms with van der Waals surface area (Å²) >= 11 is 0. The van der Waals surface area contributed by atoms with E-state index in [2.05, 4.69) is 10.1 Å². The summed E-state index contributed by atoms with van der Waals surface area (Å²) in [7, 11) is 0. The molecule has 1 atom stereocenters. The van der Waals surface area contributed by atoms with E-state index in [-0.39, 0.29) is 17.9 Å². The number of halogens is 2. The van der Waals surface area contributed by atoms with E-state index in [4.69, 9.17) is 5.11 Å². The van der Waals surface area contributed by atoms with Crippen molar-refractivity contribution in [3.8, 4) is 5.75 Å². The van der Waals surface area contributed by atoms with Crippen molar-refractivity contribution in [1.29, 1.82) is 0 Å². The summed E-state index contributed by atoms with van der Waals surface area (Å²) < 4.78 is 28.1. The van der Waals surface area contributed by atoms with Crippen molar-refractivity contribution in [3.05, 3.63) is 29.8 Å². The average Bonchev–Trinajstić information content (AvgIpc) is 2.28. The average molecular weight is 245 g/mol. The molecule has 6 heteroatoms. The zero-order valence-electron chi connectivity index (χ0n) is 9.19. The summed E-state index contributed by atoms with van der Waals surface area (Å²) in [6, 6.07) is 5.06. The van der Waals surface area contributed by atoms with Gasteiger partial charge in [0, 0.05) is 11.6 Å². The molecule has 2 N–H and O–H groups in total. The van der Waals surface area contributed by atoms with Crippen LogP contribution in [0.3, 0.4) is 0 Å². The SMILES string of the molecule is CC(CO)NC(=O)c1cccc(OC(F)F)c1. The summed E-state index contributed by atoms with van der Waals surface area (Å²) in [6.45, 7) is -1.50. The van der Waals surface area contributed by atoms with Gasteiger partial charge in [-0.1, -0.05) is 6.07 Å². The summed E-state index contributed by atoms with van der Waals surface area (Å²) in [6.07, 6.45) is 0. The highest BCUT2D eigenvalue weighted by molar-refractivity contribution is 5.94. The lowest BCUT2D eigenvalue weighted by Crippen LogP contribution is -2.34. The molecule has 0 saturated carbocycles. The maximum atomic E-state index is 12.0. The molecular formula is C11H13F2NO3. The lowest BCUT2D eigenvalue weighted by Gasteiger charge is -2.11. The molecule has 1 unspecified atom stereocenters. The van der Waals surface area contributed by atoms with E-state index in [1.165, 1.54) is 24.3 Å². The molecule has 94 valence electrons. The monoisotopic (exact) mass is 245 g/mol. The lowest BCUT2D eigenvalue weighted by atomic mass is 10.2. The van der Waals surface area contributed by atoms with Gasteiger partial charge in [-0.3, -0.25) is 4.79 Å². The Balaban J connectivity index is 2.73. The van der Waals surface area contributed by atoms with Crippen molar-refractivity contribution in [2.75, 3.05) is 6.61 Å². The van der Waals surface area contributed by atoms with Crippen LogP contribution < -0.4 is 10.1 Å². The number of aliphatic hydroxyl groups is 1. The van der Waals surface area contributed by atoms with Crippen molar-refractivity contribution >= 4 is 5.91 Å². The molecule has 0 radical (unpaired) electrons. The van der Waals surface area contributed by atoms with E-state index in [9.17, 15) is 13.6 Å². The number of alkyl halides is 2. The van der Waals surface area contributed by atoms with Crippen molar-refractivity contribution in [2.45, 2.75) is 19.6 Å². The molecule has 0 aliphatic rings. The number of amides is 1. The van der Waals surface area contributed by atoms with Crippen LogP contribution in [0.2, 0.25) is 0 Å². The van der Waals surface area contributed by atoms with Gasteiger partial charge in [-0.05, 0) is 25.1 Å². The summed E-state index contributed by atoms with van der Waals surface area (Å²) in [5.41, 5.74) is 0.198. The fourth-order valence-electron chi connectivity index (χ4n) is 1.17. The molecule has 0 fully saturated rings. The van der Waals surface area contributed by atoms with Crippen LogP contribution in [0.5, 0.6) is 5.75 Å². The standard InChI is InChI=1S/C11H13F2NO3/c1-7(6-15)14-10(16)8-3-2-4-9(5-8)17-11(12)13/h2-5,7,11,15H,6H2,1H3,(H,14,16). The summed E-state index contributed by atoms with van der Waals surface area (Å²) in [5.74, 6) is -0.532. The molecule has 1 rings (SSSR count). The second-order valence-electron chi connectivity index (χ2n) is 3.46. The number of hydrogen-bond donors (Lipinski definition) is 2. The Morgan fingerprint density at radius 2 is 2.24 bits per heavy atom. The molecule has 0 aromatic heterocycles. The van der Waals surface area contributed by atoms with Crippen LogP contribution >= 0.6 is 0 Å². The molecule has 0 aliphatic heterocycles. The van der Waals surface area contributed by atoms with Crippen LogP contribution in [0.1, 0.15) is 17.3 Å². The number of carbonyl (C=O) groups excluding carboxylic acids is 1. The van der Waals surface area contributed by atoms with E-state index in [0.717, 1.165) is 0 Å². The van der Waals surface area contributed by atoms with Crippen LogP contribution in [0.15, 0.2) is 24.3 Å². The zero-order chi connectivity index (χ0) is 12.8. The van der Waals surface area contributed by atoms with Gasteiger partial charge in [0.15, 0.2) is 0 Å². The Kier molecular flexibility index (Phi) is 4.84. The fraction of sp³-hybridized carbons (Fsp3) is 0.364. The third-order valence-electron chi connectivity index (χ3n) is 1.97. The van der Waals surface area contributed by atoms with Crippen LogP contribution in [0.25, 0.3) is 0 Å². The Hall–Kier alpha value is -1.69. The Morgan fingerprint density at radius 3 is 2.82 bits per heavy atom. The second-order valence-corrected chi connectivity index (χ2v) is 3.46. The first-order valence-electron chi connectivity index (χ1n) is 4.99. The molecule has 0 saturated heterocycles. The number of nitrogens with one attached hydrogen (secondary N) is 1. The molecule has 0 aliphatic carbocycles. The van der Waals surface area contributed by atoms with E-state index < -0.39 is 18.6 Å². The number of aliphatic hydroxyl groups excluding tert-OH is 1. The van der Waals surface area contributed by atoms with Crippen molar-refractivity contribution in [1.82, 2.24) is 5.32 Å². The maximum absolute atomic E-state index is 12.0. The predicted molar refractivity (Wildman–Crippen MR) is 57.1 cm³/mol. The minimum atomic E-state index is -2.93. The zero-order valence-corrected chi connectivity index (χ0v) is 9.19. The minimum Gasteiger partial charge on any atom is -0.435 e. The summed E-state index contributed by atoms with van der Waals surface area (Å²) in [5, 5.41) is 11.3. The van der Waals surface area contributed by atoms with Gasteiger partial charge in [-0.15, -0.1) is 0 Å². The first-order valence-corrected chi connectivity index (χ1v) is 4.99. The van der Waals surface area contributed by atoms with E-state index >= 15 is 0 Å². The van der Waals surface area contributed by atoms with E-state index in [0.29, 0.717) is 0 Å². The normalized spacial score (nSPS) is 12.3. The van der Waals surface area contributed by atoms with E-state index in [1.807, 2.05) is 0 Å². The highest BCUT2D eigenvalue weighted by Gasteiger charge is 2.11. The lowest BCUT2D eigenvalue weighted by molar-refractivity contribution is -0.0498. The molecule has 17 heavy (non-hydrogen) atoms. The van der Waals surface area contributed by atoms with Gasteiger partial charge in [0.2, 0.25) is 0 Å². The van der Waals surface area contributed by atoms with Gasteiger partial charge in [0.05, 0.1) is 6.61 Å². The number of benzene rings is 1. The topological polar surface area (TPSA) is 58.6 Å². The Labute approximate surface area is 97.2 Å². The Bertz CT molecular complexity index is 385. The molecule has 4 nitrogen and oxygen atoms in total. The quantitative estimate of drug-likeness (QED) is 0.824. The van der Waals surface area contributed by atoms with Crippen molar-refractivity contribution < 1.29 is 23.4 Å². The molecule has 0 heterocycles. The molecule has 1 amide bonds. The van der Waals surface area contributed by atoms with E-state index in [1.54, 1.807) is 6.92 Å². The molecule has 0 spiro atoms. The summed E-state index contributed by atoms with van der Waals surface area (Å²) in [4.78, 5) is 11.6. The van der Waals surface area contributed by atoms with Gasteiger partial charge >= 0.3 is 6.61 Å². The van der Waals surface area contributed by atoms with Crippen LogP contribution in [-0.4, -0.2) is 30.3 Å². The predicted octanol–water partition coefficient (Wildman–Crippen LogP) is 1.40. The number of ether oxygens (including phenoxy) is 1. The van der Waals surface area contributed by atoms with Gasteiger partial charge in [0.1, 0.15) is 5.75 Å². The molecule has 1 aromatic rings.